The molecule has 14 heavy (non-hydrogen) atoms. The third-order valence-corrected chi connectivity index (χ3v) is 3.87. The van der Waals surface area contributed by atoms with Crippen LogP contribution in [0.5, 0.6) is 11.5 Å². The van der Waals surface area contributed by atoms with Crippen molar-refractivity contribution >= 4 is 22.2 Å². The van der Waals surface area contributed by atoms with Gasteiger partial charge in [0.25, 0.3) is 0 Å². The van der Waals surface area contributed by atoms with Gasteiger partial charge in [-0.1, -0.05) is 0 Å². The zero-order valence-electron chi connectivity index (χ0n) is 11.1. The Bertz CT molecular complexity index is 506. The molecule has 0 aliphatic heterocycles. The summed E-state index contributed by atoms with van der Waals surface area (Å²) in [6.07, 6.45) is 0. The van der Waals surface area contributed by atoms with E-state index >= 15 is 0 Å². The zero-order chi connectivity index (χ0) is 13.3. The fourth-order valence-electron chi connectivity index (χ4n) is 1.02. The zero-order valence-corrected chi connectivity index (χ0v) is 9.79. The van der Waals surface area contributed by atoms with Crippen LogP contribution in [-0.2, 0) is 3.83 Å². The second-order valence-corrected chi connectivity index (χ2v) is 6.51. The van der Waals surface area contributed by atoms with E-state index in [0.29, 0.717) is 11.5 Å². The van der Waals surface area contributed by atoms with Crippen molar-refractivity contribution in [1.82, 2.24) is 0 Å². The second kappa shape index (κ2) is 4.03. The third-order valence-electron chi connectivity index (χ3n) is 1.74. The van der Waals surface area contributed by atoms with Gasteiger partial charge in [-0.2, -0.15) is 0 Å². The van der Waals surface area contributed by atoms with Gasteiger partial charge in [0.05, 0.1) is 0 Å². The molecule has 0 aromatic heterocycles. The summed E-state index contributed by atoms with van der Waals surface area (Å²) in [7, 11) is 2.89. The molecule has 0 N–H and O–H groups in total. The molecule has 1 atom stereocenters. The number of methoxy groups -OCH3 is 2. The van der Waals surface area contributed by atoms with Crippen molar-refractivity contribution in [1.29, 1.82) is 0 Å². The molecule has 0 saturated heterocycles. The normalized spacial score (nSPS) is 18.6. The first-order valence-electron chi connectivity index (χ1n) is 5.33. The quantitative estimate of drug-likeness (QED) is 0.761. The van der Waals surface area contributed by atoms with Crippen LogP contribution in [0.4, 0.5) is 0 Å². The van der Waals surface area contributed by atoms with Crippen LogP contribution < -0.4 is 13.9 Å². The van der Waals surface area contributed by atoms with E-state index in [0.717, 1.165) is 0 Å². The molecule has 0 aliphatic rings. The summed E-state index contributed by atoms with van der Waals surface area (Å²) in [5, 5.41) is 0. The average Bonchev–Trinajstić information content (AvgIpc) is 2.26. The standard InChI is InChI=1S/C10H14O3Se/c1-12-9-6-5-8(14(3,4)11)7-10(9)13-2/h5-7H,3H2,1-2,4H3/i4D2H. The second-order valence-electron chi connectivity index (χ2n) is 2.69. The molecule has 0 amide bonds. The van der Waals surface area contributed by atoms with E-state index in [4.69, 9.17) is 13.6 Å². The summed E-state index contributed by atoms with van der Waals surface area (Å²) >= 11 is -4.20. The minimum atomic E-state index is -4.20. The third kappa shape index (κ3) is 2.28. The summed E-state index contributed by atoms with van der Waals surface area (Å²) in [6.45, 7) is 0. The summed E-state index contributed by atoms with van der Waals surface area (Å²) in [4.78, 5) is 0. The number of ether oxygens (including phenoxy) is 2. The minimum absolute atomic E-state index is 0.193. The molecule has 0 bridgehead atoms. The molecule has 1 rings (SSSR count). The van der Waals surface area contributed by atoms with E-state index in [1.54, 1.807) is 0 Å². The molecule has 1 aromatic rings. The summed E-state index contributed by atoms with van der Waals surface area (Å²) in [5.74, 6) is -1.78. The van der Waals surface area contributed by atoms with Crippen LogP contribution in [0.15, 0.2) is 18.2 Å². The average molecular weight is 263 g/mol. The van der Waals surface area contributed by atoms with Crippen molar-refractivity contribution in [3.05, 3.63) is 18.2 Å². The molecule has 4 heteroatoms. The van der Waals surface area contributed by atoms with Crippen molar-refractivity contribution in [2.45, 2.75) is 5.75 Å². The van der Waals surface area contributed by atoms with Crippen LogP contribution in [0, 0.1) is 0 Å². The molecule has 78 valence electrons. The van der Waals surface area contributed by atoms with Gasteiger partial charge in [0, 0.05) is 0 Å². The summed E-state index contributed by atoms with van der Waals surface area (Å²) in [5.41, 5.74) is 3.38. The molecule has 3 nitrogen and oxygen atoms in total. The van der Waals surface area contributed by atoms with Crippen LogP contribution in [-0.4, -0.2) is 32.0 Å². The molecule has 0 radical (unpaired) electrons. The fourth-order valence-corrected chi connectivity index (χ4v) is 2.25. The summed E-state index contributed by atoms with van der Waals surface area (Å²) < 4.78 is 44.2. The van der Waals surface area contributed by atoms with Gasteiger partial charge in [0.2, 0.25) is 0 Å². The molecule has 0 spiro atoms. The molecule has 1 unspecified atom stereocenters. The monoisotopic (exact) mass is 264 g/mol. The van der Waals surface area contributed by atoms with Gasteiger partial charge < -0.3 is 0 Å². The van der Waals surface area contributed by atoms with Crippen molar-refractivity contribution < 1.29 is 17.4 Å². The Morgan fingerprint density at radius 1 is 1.50 bits per heavy atom. The van der Waals surface area contributed by atoms with E-state index in [-0.39, 0.29) is 4.46 Å². The summed E-state index contributed by atoms with van der Waals surface area (Å²) in [6, 6.07) is 4.38. The molecular formula is C10H14O3Se. The maximum absolute atomic E-state index is 12.2. The first-order valence-corrected chi connectivity index (χ1v) is 7.45. The predicted molar refractivity (Wildman–Crippen MR) is 58.6 cm³/mol. The molecule has 0 saturated carbocycles. The van der Waals surface area contributed by atoms with Crippen LogP contribution >= 0.6 is 0 Å². The Morgan fingerprint density at radius 3 is 2.64 bits per heavy atom. The maximum atomic E-state index is 12.2. The van der Waals surface area contributed by atoms with E-state index < -0.39 is 18.1 Å². The van der Waals surface area contributed by atoms with Crippen LogP contribution in [0.1, 0.15) is 4.11 Å². The number of hydrogen-bond donors (Lipinski definition) is 0. The van der Waals surface area contributed by atoms with Crippen molar-refractivity contribution in [2.75, 3.05) is 14.2 Å². The number of hydrogen-bond acceptors (Lipinski definition) is 3. The Labute approximate surface area is 89.8 Å². The van der Waals surface area contributed by atoms with Gasteiger partial charge in [0.1, 0.15) is 0 Å². The fraction of sp³-hybridized carbons (Fsp3) is 0.300. The van der Waals surface area contributed by atoms with Crippen LogP contribution in [0.3, 0.4) is 0 Å². The molecular weight excluding hydrogens is 247 g/mol. The van der Waals surface area contributed by atoms with E-state index in [1.807, 2.05) is 0 Å². The van der Waals surface area contributed by atoms with Gasteiger partial charge in [0.15, 0.2) is 0 Å². The molecule has 0 fully saturated rings. The van der Waals surface area contributed by atoms with Crippen molar-refractivity contribution in [3.63, 3.8) is 0 Å². The number of benzene rings is 1. The first kappa shape index (κ1) is 7.32. The van der Waals surface area contributed by atoms with Gasteiger partial charge in [-0.15, -0.1) is 0 Å². The topological polar surface area (TPSA) is 35.5 Å². The van der Waals surface area contributed by atoms with Crippen LogP contribution in [0.25, 0.3) is 0 Å². The van der Waals surface area contributed by atoms with E-state index in [1.165, 1.54) is 32.4 Å². The van der Waals surface area contributed by atoms with Gasteiger partial charge in [-0.3, -0.25) is 0 Å². The van der Waals surface area contributed by atoms with Gasteiger partial charge in [-0.25, -0.2) is 0 Å². The Kier molecular flexibility index (Phi) is 2.11. The van der Waals surface area contributed by atoms with Crippen molar-refractivity contribution in [2.24, 2.45) is 0 Å². The van der Waals surface area contributed by atoms with E-state index in [2.05, 4.69) is 5.42 Å². The Balaban J connectivity index is 3.36. The molecule has 1 aromatic carbocycles. The predicted octanol–water partition coefficient (Wildman–Crippen LogP) is 0.930. The van der Waals surface area contributed by atoms with Crippen LogP contribution in [0.2, 0.25) is 5.75 Å². The Morgan fingerprint density at radius 2 is 2.14 bits per heavy atom. The molecule has 0 heterocycles. The Hall–Kier alpha value is -0.991. The van der Waals surface area contributed by atoms with Gasteiger partial charge in [-0.05, 0) is 0 Å². The van der Waals surface area contributed by atoms with E-state index in [9.17, 15) is 3.83 Å². The van der Waals surface area contributed by atoms with Gasteiger partial charge >= 0.3 is 89.3 Å². The SMILES string of the molecule is [1H]C([2H])([2H])[Se](=C)(=O)c1ccc(OC)c(OC)c1. The molecule has 0 aliphatic carbocycles. The number of rotatable bonds is 3. The van der Waals surface area contributed by atoms with Crippen molar-refractivity contribution in [3.8, 4) is 11.5 Å². The first-order chi connectivity index (χ1) is 7.74.